The molecule has 0 atom stereocenters. The van der Waals surface area contributed by atoms with E-state index in [1.54, 1.807) is 41.5 Å². The number of nitrogen functional groups attached to an aromatic ring is 1. The Morgan fingerprint density at radius 3 is 1.81 bits per heavy atom. The summed E-state index contributed by atoms with van der Waals surface area (Å²) in [5.41, 5.74) is 7.41. The van der Waals surface area contributed by atoms with Gasteiger partial charge in [0, 0.05) is 5.56 Å². The number of halogens is 1. The summed E-state index contributed by atoms with van der Waals surface area (Å²) in [6.45, 7) is 9.71. The quantitative estimate of drug-likeness (QED) is 0.467. The molecule has 0 aromatic heterocycles. The lowest BCUT2D eigenvalue weighted by molar-refractivity contribution is -0.177. The number of nitrogens with two attached hydrogens (primary N) is 2. The minimum absolute atomic E-state index is 0.0580. The van der Waals surface area contributed by atoms with E-state index in [0.717, 1.165) is 0 Å². The summed E-state index contributed by atoms with van der Waals surface area (Å²) in [6, 6.07) is 4.58. The minimum Gasteiger partial charge on any atom is -0.458 e. The molecule has 0 bridgehead atoms. The van der Waals surface area contributed by atoms with Crippen molar-refractivity contribution in [3.05, 3.63) is 28.3 Å². The van der Waals surface area contributed by atoms with Crippen molar-refractivity contribution < 1.29 is 19.1 Å². The predicted octanol–water partition coefficient (Wildman–Crippen LogP) is 2.63. The van der Waals surface area contributed by atoms with Crippen LogP contribution in [-0.4, -0.2) is 23.1 Å². The van der Waals surface area contributed by atoms with Gasteiger partial charge in [-0.15, -0.1) is 0 Å². The molecule has 0 saturated carbocycles. The Morgan fingerprint density at radius 2 is 1.46 bits per heavy atom. The number of rotatable bonds is 3. The van der Waals surface area contributed by atoms with Gasteiger partial charge >= 0.3 is 11.9 Å². The summed E-state index contributed by atoms with van der Waals surface area (Å²) < 4.78 is 10.6. The van der Waals surface area contributed by atoms with E-state index in [1.165, 1.54) is 12.1 Å². The Bertz CT molecular complexity index is 742. The van der Waals surface area contributed by atoms with Crippen LogP contribution in [0.4, 0.5) is 5.69 Å². The molecule has 142 valence electrons. The first-order chi connectivity index (χ1) is 11.6. The first-order valence-electron chi connectivity index (χ1n) is 7.88. The molecular formula is C18H24ClN3O4. The highest BCUT2D eigenvalue weighted by Gasteiger charge is 2.52. The predicted molar refractivity (Wildman–Crippen MR) is 98.1 cm³/mol. The van der Waals surface area contributed by atoms with E-state index < -0.39 is 28.7 Å². The van der Waals surface area contributed by atoms with E-state index >= 15 is 0 Å². The van der Waals surface area contributed by atoms with Crippen molar-refractivity contribution in [1.82, 2.24) is 0 Å². The van der Waals surface area contributed by atoms with Gasteiger partial charge in [-0.1, -0.05) is 11.6 Å². The van der Waals surface area contributed by atoms with Gasteiger partial charge in [0.25, 0.3) is 0 Å². The van der Waals surface area contributed by atoms with Gasteiger partial charge in [-0.25, -0.2) is 9.59 Å². The lowest BCUT2D eigenvalue weighted by atomic mass is 9.86. The average molecular weight is 382 g/mol. The first kappa shape index (κ1) is 21.7. The van der Waals surface area contributed by atoms with Crippen LogP contribution < -0.4 is 11.5 Å². The highest BCUT2D eigenvalue weighted by Crippen LogP contribution is 2.37. The van der Waals surface area contributed by atoms with E-state index in [1.807, 2.05) is 6.07 Å². The van der Waals surface area contributed by atoms with Gasteiger partial charge in [0.15, 0.2) is 0 Å². The fraction of sp³-hybridized carbons (Fsp3) is 0.500. The summed E-state index contributed by atoms with van der Waals surface area (Å²) in [6.07, 6.45) is 0. The van der Waals surface area contributed by atoms with Crippen LogP contribution >= 0.6 is 11.6 Å². The second-order valence-corrected chi connectivity index (χ2v) is 8.19. The van der Waals surface area contributed by atoms with Crippen LogP contribution in [0.1, 0.15) is 52.7 Å². The molecule has 4 N–H and O–H groups in total. The second kappa shape index (κ2) is 7.14. The number of carbonyl (C=O) groups is 2. The van der Waals surface area contributed by atoms with Crippen molar-refractivity contribution in [2.75, 3.05) is 5.73 Å². The van der Waals surface area contributed by atoms with Crippen LogP contribution in [-0.2, 0) is 24.6 Å². The third kappa shape index (κ3) is 4.65. The maximum atomic E-state index is 12.9. The Balaban J connectivity index is 3.73. The number of ether oxygens (including phenoxy) is 2. The van der Waals surface area contributed by atoms with Crippen molar-refractivity contribution >= 4 is 29.2 Å². The SMILES string of the molecule is CC(C)(C)OC(=O)C(N)(C(=O)OC(C)(C)C)c1c(C#N)ccc(N)c1Cl. The molecule has 0 heterocycles. The van der Waals surface area contributed by atoms with Crippen molar-refractivity contribution in [3.8, 4) is 6.07 Å². The molecule has 8 heteroatoms. The number of hydrogen-bond acceptors (Lipinski definition) is 7. The summed E-state index contributed by atoms with van der Waals surface area (Å²) in [5, 5.41) is 9.24. The van der Waals surface area contributed by atoms with Gasteiger partial charge in [0.2, 0.25) is 5.54 Å². The molecule has 0 unspecified atom stereocenters. The molecule has 0 aliphatic rings. The molecule has 1 aromatic carbocycles. The van der Waals surface area contributed by atoms with Gasteiger partial charge in [-0.05, 0) is 53.7 Å². The topological polar surface area (TPSA) is 128 Å². The maximum absolute atomic E-state index is 12.9. The molecule has 7 nitrogen and oxygen atoms in total. The lowest BCUT2D eigenvalue weighted by Gasteiger charge is -2.33. The summed E-state index contributed by atoms with van der Waals surface area (Å²) >= 11 is 6.22. The normalized spacial score (nSPS) is 12.3. The van der Waals surface area contributed by atoms with Crippen LogP contribution in [0, 0.1) is 11.3 Å². The molecule has 1 aromatic rings. The van der Waals surface area contributed by atoms with E-state index in [9.17, 15) is 14.9 Å². The number of hydrogen-bond donors (Lipinski definition) is 2. The molecule has 0 saturated heterocycles. The highest BCUT2D eigenvalue weighted by molar-refractivity contribution is 6.35. The fourth-order valence-corrected chi connectivity index (χ4v) is 2.39. The Labute approximate surface area is 158 Å². The van der Waals surface area contributed by atoms with Crippen LogP contribution in [0.2, 0.25) is 5.02 Å². The van der Waals surface area contributed by atoms with Crippen LogP contribution in [0.3, 0.4) is 0 Å². The number of nitriles is 1. The average Bonchev–Trinajstić information content (AvgIpc) is 2.45. The number of esters is 2. The van der Waals surface area contributed by atoms with Gasteiger partial charge < -0.3 is 20.9 Å². The van der Waals surface area contributed by atoms with E-state index in [0.29, 0.717) is 0 Å². The van der Waals surface area contributed by atoms with Crippen LogP contribution in [0.25, 0.3) is 0 Å². The van der Waals surface area contributed by atoms with Gasteiger partial charge in [0.1, 0.15) is 11.2 Å². The summed E-state index contributed by atoms with van der Waals surface area (Å²) in [5.74, 6) is -2.19. The smallest absolute Gasteiger partial charge is 0.343 e. The van der Waals surface area contributed by atoms with E-state index in [4.69, 9.17) is 32.5 Å². The van der Waals surface area contributed by atoms with Gasteiger partial charge in [-0.2, -0.15) is 5.26 Å². The first-order valence-corrected chi connectivity index (χ1v) is 8.25. The molecule has 0 aliphatic carbocycles. The largest absolute Gasteiger partial charge is 0.458 e. The molecular weight excluding hydrogens is 358 g/mol. The van der Waals surface area contributed by atoms with Crippen LogP contribution in [0.5, 0.6) is 0 Å². The molecule has 26 heavy (non-hydrogen) atoms. The minimum atomic E-state index is -2.46. The number of nitrogens with zero attached hydrogens (tertiary/aromatic N) is 1. The lowest BCUT2D eigenvalue weighted by Crippen LogP contribution is -2.57. The number of carbonyl (C=O) groups excluding carboxylic acids is 2. The second-order valence-electron chi connectivity index (χ2n) is 7.81. The summed E-state index contributed by atoms with van der Waals surface area (Å²) in [7, 11) is 0. The zero-order valence-corrected chi connectivity index (χ0v) is 16.5. The number of anilines is 1. The zero-order chi connectivity index (χ0) is 20.5. The van der Waals surface area contributed by atoms with Crippen molar-refractivity contribution in [2.45, 2.75) is 58.3 Å². The third-order valence-electron chi connectivity index (χ3n) is 3.13. The van der Waals surface area contributed by atoms with Gasteiger partial charge in [0.05, 0.1) is 22.3 Å². The van der Waals surface area contributed by atoms with Crippen molar-refractivity contribution in [3.63, 3.8) is 0 Å². The monoisotopic (exact) mass is 381 g/mol. The Morgan fingerprint density at radius 1 is 1.04 bits per heavy atom. The fourth-order valence-electron chi connectivity index (χ4n) is 2.08. The number of benzene rings is 1. The van der Waals surface area contributed by atoms with E-state index in [2.05, 4.69) is 0 Å². The molecule has 0 amide bonds. The Hall–Kier alpha value is -2.30. The molecule has 0 fully saturated rings. The van der Waals surface area contributed by atoms with Crippen LogP contribution in [0.15, 0.2) is 12.1 Å². The highest BCUT2D eigenvalue weighted by atomic mass is 35.5. The molecule has 1 rings (SSSR count). The molecule has 0 spiro atoms. The van der Waals surface area contributed by atoms with E-state index in [-0.39, 0.29) is 21.8 Å². The third-order valence-corrected chi connectivity index (χ3v) is 3.54. The Kier molecular flexibility index (Phi) is 5.97. The standard InChI is InChI=1S/C18H24ClN3O4/c1-16(2,3)25-14(23)18(22,15(24)26-17(4,5)6)12-10(9-20)7-8-11(21)13(12)19/h7-8H,21-22H2,1-6H3. The summed E-state index contributed by atoms with van der Waals surface area (Å²) in [4.78, 5) is 25.8. The van der Waals surface area contributed by atoms with Gasteiger partial charge in [-0.3, -0.25) is 0 Å². The van der Waals surface area contributed by atoms with Crippen molar-refractivity contribution in [2.24, 2.45) is 5.73 Å². The van der Waals surface area contributed by atoms with Crippen molar-refractivity contribution in [1.29, 1.82) is 5.26 Å². The maximum Gasteiger partial charge on any atom is 0.343 e. The molecule has 0 aliphatic heterocycles. The molecule has 0 radical (unpaired) electrons. The zero-order valence-electron chi connectivity index (χ0n) is 15.8.